The van der Waals surface area contributed by atoms with Crippen molar-refractivity contribution in [3.63, 3.8) is 0 Å². The first-order valence-electron chi connectivity index (χ1n) is 8.52. The van der Waals surface area contributed by atoms with Gasteiger partial charge in [-0.2, -0.15) is 0 Å². The van der Waals surface area contributed by atoms with Crippen LogP contribution in [-0.4, -0.2) is 29.8 Å². The third-order valence-corrected chi connectivity index (χ3v) is 5.20. The molecule has 1 saturated heterocycles. The van der Waals surface area contributed by atoms with Crippen molar-refractivity contribution in [1.29, 1.82) is 0 Å². The molecule has 2 atom stereocenters. The average Bonchev–Trinajstić information content (AvgIpc) is 3.15. The van der Waals surface area contributed by atoms with Gasteiger partial charge in [0.25, 0.3) is 5.91 Å². The van der Waals surface area contributed by atoms with E-state index in [0.717, 1.165) is 18.4 Å². The first kappa shape index (κ1) is 18.8. The minimum Gasteiger partial charge on any atom is -0.472 e. The van der Waals surface area contributed by atoms with E-state index in [4.69, 9.17) is 27.6 Å². The second kappa shape index (κ2) is 8.14. The molecule has 1 aromatic carbocycles. The molecule has 138 valence electrons. The Morgan fingerprint density at radius 3 is 2.81 bits per heavy atom. The van der Waals surface area contributed by atoms with Crippen LogP contribution in [0.25, 0.3) is 0 Å². The van der Waals surface area contributed by atoms with Crippen LogP contribution in [0.3, 0.4) is 0 Å². The van der Waals surface area contributed by atoms with Gasteiger partial charge in [-0.1, -0.05) is 29.3 Å². The van der Waals surface area contributed by atoms with E-state index in [0.29, 0.717) is 28.7 Å². The smallest absolute Gasteiger partial charge is 0.257 e. The van der Waals surface area contributed by atoms with Crippen molar-refractivity contribution < 1.29 is 14.0 Å². The highest BCUT2D eigenvalue weighted by Gasteiger charge is 2.30. The molecule has 0 saturated carbocycles. The van der Waals surface area contributed by atoms with Gasteiger partial charge in [0.1, 0.15) is 6.26 Å². The van der Waals surface area contributed by atoms with Crippen LogP contribution in [0.5, 0.6) is 0 Å². The number of benzene rings is 1. The number of rotatable bonds is 4. The number of halogens is 2. The van der Waals surface area contributed by atoms with E-state index < -0.39 is 0 Å². The number of hydrogen-bond donors (Lipinski definition) is 1. The van der Waals surface area contributed by atoms with E-state index in [2.05, 4.69) is 5.32 Å². The van der Waals surface area contributed by atoms with Crippen LogP contribution < -0.4 is 5.32 Å². The number of piperidine rings is 1. The summed E-state index contributed by atoms with van der Waals surface area (Å²) >= 11 is 12.1. The van der Waals surface area contributed by atoms with Crippen molar-refractivity contribution in [1.82, 2.24) is 10.2 Å². The number of nitrogens with zero attached hydrogens (tertiary/aromatic N) is 1. The molecule has 1 N–H and O–H groups in total. The van der Waals surface area contributed by atoms with Gasteiger partial charge in [-0.3, -0.25) is 9.59 Å². The van der Waals surface area contributed by atoms with Gasteiger partial charge in [0.15, 0.2) is 0 Å². The van der Waals surface area contributed by atoms with Crippen molar-refractivity contribution in [3.05, 3.63) is 58.0 Å². The highest BCUT2D eigenvalue weighted by Crippen LogP contribution is 2.27. The van der Waals surface area contributed by atoms with E-state index in [9.17, 15) is 9.59 Å². The van der Waals surface area contributed by atoms with Crippen LogP contribution in [0.4, 0.5) is 0 Å². The molecular weight excluding hydrogens is 375 g/mol. The van der Waals surface area contributed by atoms with Gasteiger partial charge in [0.05, 0.1) is 23.8 Å². The summed E-state index contributed by atoms with van der Waals surface area (Å²) in [5.74, 6) is -0.425. The molecule has 1 aliphatic heterocycles. The Bertz CT molecular complexity index is 792. The van der Waals surface area contributed by atoms with Crippen LogP contribution in [0.15, 0.2) is 41.2 Å². The van der Waals surface area contributed by atoms with E-state index in [1.807, 2.05) is 13.0 Å². The summed E-state index contributed by atoms with van der Waals surface area (Å²) in [5, 5.41) is 4.07. The van der Waals surface area contributed by atoms with Crippen molar-refractivity contribution in [2.75, 3.05) is 13.1 Å². The lowest BCUT2D eigenvalue weighted by atomic mass is 9.96. The van der Waals surface area contributed by atoms with Gasteiger partial charge >= 0.3 is 0 Å². The zero-order valence-corrected chi connectivity index (χ0v) is 15.9. The first-order valence-corrected chi connectivity index (χ1v) is 9.28. The topological polar surface area (TPSA) is 62.6 Å². The SMILES string of the molecule is CC(NC(=O)C1CCCN(C(=O)c2ccoc2)C1)c1ccc(Cl)cc1Cl. The molecule has 0 bridgehead atoms. The molecule has 2 unspecified atom stereocenters. The Labute approximate surface area is 162 Å². The van der Waals surface area contributed by atoms with Gasteiger partial charge in [0, 0.05) is 23.1 Å². The van der Waals surface area contributed by atoms with Crippen molar-refractivity contribution in [3.8, 4) is 0 Å². The lowest BCUT2D eigenvalue weighted by Gasteiger charge is -2.32. The maximum absolute atomic E-state index is 12.7. The summed E-state index contributed by atoms with van der Waals surface area (Å²) in [6.07, 6.45) is 4.44. The Morgan fingerprint density at radius 1 is 1.31 bits per heavy atom. The molecule has 0 radical (unpaired) electrons. The fraction of sp³-hybridized carbons (Fsp3) is 0.368. The summed E-state index contributed by atoms with van der Waals surface area (Å²) in [6.45, 7) is 2.92. The molecule has 7 heteroatoms. The molecule has 2 amide bonds. The van der Waals surface area contributed by atoms with Crippen LogP contribution in [-0.2, 0) is 4.79 Å². The molecule has 0 spiro atoms. The van der Waals surface area contributed by atoms with Gasteiger partial charge in [-0.15, -0.1) is 0 Å². The fourth-order valence-corrected chi connectivity index (χ4v) is 3.78. The number of carbonyl (C=O) groups excluding carboxylic acids is 2. The molecule has 0 aliphatic carbocycles. The molecule has 1 aromatic heterocycles. The molecule has 26 heavy (non-hydrogen) atoms. The second-order valence-electron chi connectivity index (χ2n) is 6.50. The maximum Gasteiger partial charge on any atom is 0.257 e. The molecule has 5 nitrogen and oxygen atoms in total. The number of likely N-dealkylation sites (tertiary alicyclic amines) is 1. The lowest BCUT2D eigenvalue weighted by molar-refractivity contribution is -0.127. The fourth-order valence-electron chi connectivity index (χ4n) is 3.21. The predicted octanol–water partition coefficient (Wildman–Crippen LogP) is 4.32. The standard InChI is InChI=1S/C19H20Cl2N2O3/c1-12(16-5-4-15(20)9-17(16)21)22-18(24)13-3-2-7-23(10-13)19(25)14-6-8-26-11-14/h4-6,8-9,11-13H,2-3,7,10H2,1H3,(H,22,24). The number of nitrogens with one attached hydrogen (secondary N) is 1. The first-order chi connectivity index (χ1) is 12.5. The zero-order chi connectivity index (χ0) is 18.7. The largest absolute Gasteiger partial charge is 0.472 e. The van der Waals surface area contributed by atoms with Gasteiger partial charge < -0.3 is 14.6 Å². The third-order valence-electron chi connectivity index (χ3n) is 4.64. The highest BCUT2D eigenvalue weighted by atomic mass is 35.5. The summed E-state index contributed by atoms with van der Waals surface area (Å²) in [5.41, 5.74) is 1.32. The van der Waals surface area contributed by atoms with Crippen molar-refractivity contribution in [2.24, 2.45) is 5.92 Å². The van der Waals surface area contributed by atoms with Crippen LogP contribution in [0.2, 0.25) is 10.0 Å². The molecule has 2 aromatic rings. The Morgan fingerprint density at radius 2 is 2.12 bits per heavy atom. The number of furan rings is 1. The van der Waals surface area contributed by atoms with Crippen LogP contribution >= 0.6 is 23.2 Å². The Hall–Kier alpha value is -1.98. The van der Waals surface area contributed by atoms with Crippen LogP contribution in [0, 0.1) is 5.92 Å². The van der Waals surface area contributed by atoms with Gasteiger partial charge in [-0.25, -0.2) is 0 Å². The van der Waals surface area contributed by atoms with E-state index in [1.165, 1.54) is 12.5 Å². The summed E-state index contributed by atoms with van der Waals surface area (Å²) in [6, 6.07) is 6.61. The summed E-state index contributed by atoms with van der Waals surface area (Å²) in [7, 11) is 0. The lowest BCUT2D eigenvalue weighted by Crippen LogP contribution is -2.45. The predicted molar refractivity (Wildman–Crippen MR) is 100 cm³/mol. The normalized spacial score (nSPS) is 18.4. The summed E-state index contributed by atoms with van der Waals surface area (Å²) in [4.78, 5) is 26.8. The molecule has 1 fully saturated rings. The van der Waals surface area contributed by atoms with Crippen LogP contribution in [0.1, 0.15) is 41.7 Å². The van der Waals surface area contributed by atoms with E-state index >= 15 is 0 Å². The van der Waals surface area contributed by atoms with Gasteiger partial charge in [0.2, 0.25) is 5.91 Å². The third kappa shape index (κ3) is 4.22. The minimum atomic E-state index is -0.243. The number of amides is 2. The molecule has 3 rings (SSSR count). The van der Waals surface area contributed by atoms with Crippen molar-refractivity contribution >= 4 is 35.0 Å². The Kier molecular flexibility index (Phi) is 5.89. The monoisotopic (exact) mass is 394 g/mol. The van der Waals surface area contributed by atoms with E-state index in [1.54, 1.807) is 23.1 Å². The summed E-state index contributed by atoms with van der Waals surface area (Å²) < 4.78 is 4.97. The minimum absolute atomic E-state index is 0.0757. The number of carbonyl (C=O) groups is 2. The average molecular weight is 395 g/mol. The molecule has 2 heterocycles. The highest BCUT2D eigenvalue weighted by molar-refractivity contribution is 6.35. The van der Waals surface area contributed by atoms with Gasteiger partial charge in [-0.05, 0) is 43.5 Å². The Balaban J connectivity index is 1.63. The van der Waals surface area contributed by atoms with Crippen molar-refractivity contribution in [2.45, 2.75) is 25.8 Å². The molecule has 1 aliphatic rings. The number of hydrogen-bond acceptors (Lipinski definition) is 3. The van der Waals surface area contributed by atoms with E-state index in [-0.39, 0.29) is 23.8 Å². The molecular formula is C19H20Cl2N2O3. The quantitative estimate of drug-likeness (QED) is 0.839. The second-order valence-corrected chi connectivity index (χ2v) is 7.34. The zero-order valence-electron chi connectivity index (χ0n) is 14.4. The maximum atomic E-state index is 12.7.